The van der Waals surface area contributed by atoms with E-state index in [9.17, 15) is 158 Å². The normalized spacial score (nSPS) is 12.4. The second kappa shape index (κ2) is 45.4. The number of alkyl halides is 25. The predicted molar refractivity (Wildman–Crippen MR) is 471 cm³/mol. The van der Waals surface area contributed by atoms with Crippen LogP contribution in [-0.4, -0.2) is 0 Å². The van der Waals surface area contributed by atoms with Crippen LogP contribution in [0.2, 0.25) is 0 Å². The Labute approximate surface area is 810 Å². The lowest BCUT2D eigenvalue weighted by atomic mass is 10.1. The molecule has 0 saturated heterocycles. The molecule has 15 aromatic rings. The third kappa shape index (κ3) is 30.3. The van der Waals surface area contributed by atoms with Crippen LogP contribution < -0.4 is 0 Å². The van der Waals surface area contributed by atoms with Crippen LogP contribution in [0.5, 0.6) is 0 Å². The van der Waals surface area contributed by atoms with Gasteiger partial charge in [0.15, 0.2) is 73.4 Å². The van der Waals surface area contributed by atoms with Crippen molar-refractivity contribution in [2.75, 3.05) is 0 Å². The SMILES string of the molecule is Cc1cc([S+](c2cccc(C(F)(F)F)c2)c2cc(C)cc(C(F)(F)F)c2)cc(C(F)(F)F)c1.Cc1cc([S+](c2cccc(C(F)(F)F)c2)c2cccc(C(F)(F)F)c2)cc(C(F)(F)F)c1.Cc1cc([S+](c2ccccc2)c2cc(CF)cc(C(F)(F)F)c2)cc(C(F)(F)F)c1.Fc1cc(F)cc([S+](c2cc(F)cc(F)c2)c2cc(F)cc(F)c2)c1.Fc1cccc([S+](c2cc(F)cc(F)c2)c2cc(F)cc(F)c2)c1. The molecular weight excluding hydrogens is 2080 g/mol. The fraction of sp³-hybridized carbons (Fsp3) is 0.126. The van der Waals surface area contributed by atoms with Crippen LogP contribution in [0.15, 0.2) is 383 Å². The van der Waals surface area contributed by atoms with E-state index in [4.69, 9.17) is 0 Å². The van der Waals surface area contributed by atoms with E-state index in [1.165, 1.54) is 100 Å². The van der Waals surface area contributed by atoms with Crippen LogP contribution in [0, 0.1) is 91.7 Å². The molecule has 0 nitrogen and oxygen atoms in total. The van der Waals surface area contributed by atoms with E-state index in [1.54, 1.807) is 30.3 Å². The minimum absolute atomic E-state index is 0.00694. The number of rotatable bonds is 16. The van der Waals surface area contributed by atoms with Crippen LogP contribution in [0.4, 0.5) is 158 Å². The van der Waals surface area contributed by atoms with E-state index in [2.05, 4.69) is 0 Å². The van der Waals surface area contributed by atoms with Crippen LogP contribution in [-0.2, 0) is 111 Å². The highest BCUT2D eigenvalue weighted by atomic mass is 32.2. The smallest absolute Gasteiger partial charge is 0.246 e. The number of benzene rings is 15. The summed E-state index contributed by atoms with van der Waals surface area (Å²) in [6, 6.07) is 53.8. The van der Waals surface area contributed by atoms with Crippen molar-refractivity contribution in [2.24, 2.45) is 0 Å². The van der Waals surface area contributed by atoms with Gasteiger partial charge < -0.3 is 0 Å². The molecule has 0 spiro atoms. The Balaban J connectivity index is 0.000000172. The summed E-state index contributed by atoms with van der Waals surface area (Å²) in [5.41, 5.74) is -7.53. The number of halogens is 36. The van der Waals surface area contributed by atoms with Gasteiger partial charge in [-0.3, -0.25) is 0 Å². The second-order valence-corrected chi connectivity index (χ2v) is 41.2. The lowest BCUT2D eigenvalue weighted by Crippen LogP contribution is -2.13. The van der Waals surface area contributed by atoms with Crippen molar-refractivity contribution in [1.82, 2.24) is 0 Å². The molecule has 0 aliphatic rings. The fourth-order valence-electron chi connectivity index (χ4n) is 14.0. The standard InChI is InChI=1S/C23H16F9S.C22H14F9S.C22H16F7S.C18H9F6S.C18H10F5S/c1-13-6-16(22(27,28)29)11-19(8-13)33(18-5-3-4-15(10-18)21(24,25)26)20-9-14(2)7-17(12-20)23(30,31)32;1-13-8-16(22(29,30)31)12-19(9-13)32(17-6-2-4-14(10-17)20(23,24)25)18-7-3-5-15(11-18)21(26,27)28;1-14-7-16(21(24,25)26)11-19(8-14)30(18-5-3-2-4-6-18)20-10-15(13-23)9-17(12-20)22(27,28)29;19-10-1-11(20)5-16(4-10)25(17-6-12(21)2-13(22)7-17)18-8-14(23)3-15(24)9-18;19-11-2-1-3-16(6-11)24(17-7-12(20)4-13(21)8-17)18-9-14(22)5-15(23)10-18/h3-12H,1-2H3;2-12H,1H3;2-12H,13H2,1H3;1-9H;1-10H/q5*+1. The van der Waals surface area contributed by atoms with Crippen molar-refractivity contribution >= 4 is 54.5 Å². The molecule has 0 aliphatic heterocycles. The first-order chi connectivity index (χ1) is 66.9. The maximum absolute atomic E-state index is 13.6. The first-order valence-corrected chi connectivity index (χ1v) is 46.9. The second-order valence-electron chi connectivity index (χ2n) is 31.0. The highest BCUT2D eigenvalue weighted by Gasteiger charge is 2.46. The van der Waals surface area contributed by atoms with Crippen molar-refractivity contribution in [3.05, 3.63) is 446 Å². The fourth-order valence-corrected chi connectivity index (χ4v) is 25.3. The molecule has 0 aliphatic carbocycles. The van der Waals surface area contributed by atoms with Gasteiger partial charge in [0.05, 0.1) is 99.0 Å². The summed E-state index contributed by atoms with van der Waals surface area (Å²) in [5, 5.41) is 0. The van der Waals surface area contributed by atoms with Gasteiger partial charge >= 0.3 is 49.4 Å². The van der Waals surface area contributed by atoms with Gasteiger partial charge in [0, 0.05) is 146 Å². The monoisotopic (exact) mass is 2150 g/mol. The molecule has 41 heteroatoms. The summed E-state index contributed by atoms with van der Waals surface area (Å²) < 4.78 is 483. The van der Waals surface area contributed by atoms with Crippen LogP contribution >= 0.6 is 0 Å². The van der Waals surface area contributed by atoms with Crippen LogP contribution in [0.3, 0.4) is 0 Å². The summed E-state index contributed by atoms with van der Waals surface area (Å²) in [6.07, 6.45) is -37.7. The van der Waals surface area contributed by atoms with Crippen molar-refractivity contribution in [3.8, 4) is 0 Å². The topological polar surface area (TPSA) is 0 Å². The Hall–Kier alpha value is -12.5. The lowest BCUT2D eigenvalue weighted by Gasteiger charge is -2.15. The molecule has 1 unspecified atom stereocenters. The summed E-state index contributed by atoms with van der Waals surface area (Å²) in [4.78, 5) is 1.18. The molecule has 0 heterocycles. The van der Waals surface area contributed by atoms with E-state index in [1.807, 2.05) is 0 Å². The Morgan fingerprint density at radius 3 is 0.556 bits per heavy atom. The Morgan fingerprint density at radius 1 is 0.153 bits per heavy atom. The van der Waals surface area contributed by atoms with E-state index >= 15 is 0 Å². The molecule has 1 atom stereocenters. The Kier molecular flexibility index (Phi) is 35.3. The molecule has 15 rings (SSSR count). The number of hydrogen-bond donors (Lipinski definition) is 0. The van der Waals surface area contributed by atoms with Crippen molar-refractivity contribution in [2.45, 2.75) is 157 Å². The summed E-state index contributed by atoms with van der Waals surface area (Å²) in [5.74, 6) is -9.34. The molecule has 0 N–H and O–H groups in total. The van der Waals surface area contributed by atoms with Gasteiger partial charge in [-0.05, 0) is 177 Å². The highest BCUT2D eigenvalue weighted by molar-refractivity contribution is 7.98. The van der Waals surface area contributed by atoms with Gasteiger partial charge in [-0.15, -0.1) is 0 Å². The minimum atomic E-state index is -4.74. The quantitative estimate of drug-likeness (QED) is 0.0668. The van der Waals surface area contributed by atoms with Crippen molar-refractivity contribution < 1.29 is 158 Å². The predicted octanol–water partition coefficient (Wildman–Crippen LogP) is 35.3. The molecule has 144 heavy (non-hydrogen) atoms. The van der Waals surface area contributed by atoms with Gasteiger partial charge in [0.2, 0.25) is 0 Å². The summed E-state index contributed by atoms with van der Waals surface area (Å²) in [6.45, 7) is 4.50. The van der Waals surface area contributed by atoms with Gasteiger partial charge in [-0.25, -0.2) is 52.7 Å². The lowest BCUT2D eigenvalue weighted by molar-refractivity contribution is -0.138. The van der Waals surface area contributed by atoms with Crippen LogP contribution in [0.25, 0.3) is 0 Å². The van der Waals surface area contributed by atoms with Gasteiger partial charge in [-0.1, -0.05) is 42.5 Å². The molecule has 15 aromatic carbocycles. The van der Waals surface area contributed by atoms with Gasteiger partial charge in [-0.2, -0.15) is 105 Å². The zero-order chi connectivity index (χ0) is 106. The van der Waals surface area contributed by atoms with Crippen LogP contribution in [0.1, 0.15) is 72.3 Å². The van der Waals surface area contributed by atoms with E-state index < -0.39 is 219 Å². The first kappa shape index (κ1) is 112. The van der Waals surface area contributed by atoms with Gasteiger partial charge in [0.1, 0.15) is 70.7 Å². The molecule has 0 bridgehead atoms. The molecule has 0 amide bonds. The zero-order valence-electron chi connectivity index (χ0n) is 73.3. The Morgan fingerprint density at radius 2 is 0.326 bits per heavy atom. The van der Waals surface area contributed by atoms with E-state index in [0.717, 1.165) is 170 Å². The molecule has 0 fully saturated rings. The zero-order valence-corrected chi connectivity index (χ0v) is 77.4. The maximum atomic E-state index is 13.6. The average molecular weight is 2150 g/mol. The van der Waals surface area contributed by atoms with Gasteiger partial charge in [0.25, 0.3) is 0 Å². The van der Waals surface area contributed by atoms with E-state index in [0.29, 0.717) is 51.8 Å². The summed E-state index contributed by atoms with van der Waals surface area (Å²) >= 11 is 0. The van der Waals surface area contributed by atoms with Crippen molar-refractivity contribution in [1.29, 1.82) is 0 Å². The molecule has 754 valence electrons. The largest absolute Gasteiger partial charge is 0.416 e. The average Bonchev–Trinajstić information content (AvgIpc) is 0.778. The number of aryl methyl sites for hydroxylation is 4. The molecule has 0 saturated carbocycles. The molecule has 0 aromatic heterocycles. The minimum Gasteiger partial charge on any atom is -0.246 e. The third-order valence-corrected chi connectivity index (χ3v) is 30.4. The van der Waals surface area contributed by atoms with Crippen molar-refractivity contribution in [3.63, 3.8) is 0 Å². The summed E-state index contributed by atoms with van der Waals surface area (Å²) in [7, 11) is -7.41. The maximum Gasteiger partial charge on any atom is 0.416 e. The third-order valence-electron chi connectivity index (χ3n) is 19.7. The van der Waals surface area contributed by atoms with E-state index in [-0.39, 0.29) is 85.9 Å². The Bertz CT molecular complexity index is 6670. The number of hydrogen-bond acceptors (Lipinski definition) is 0. The molecule has 0 radical (unpaired) electrons. The first-order valence-electron chi connectivity index (χ1n) is 40.8. The molecular formula is C103H65F36S5+5. The highest BCUT2D eigenvalue weighted by Crippen LogP contribution is 2.48.